The quantitative estimate of drug-likeness (QED) is 0.831. The lowest BCUT2D eigenvalue weighted by Gasteiger charge is -2.20. The summed E-state index contributed by atoms with van der Waals surface area (Å²) in [6, 6.07) is 6.98. The highest BCUT2D eigenvalue weighted by atomic mass is 32.2. The molecule has 5 heteroatoms. The van der Waals surface area contributed by atoms with Gasteiger partial charge in [0.25, 0.3) is 0 Å². The summed E-state index contributed by atoms with van der Waals surface area (Å²) in [7, 11) is -1.74. The highest BCUT2D eigenvalue weighted by Crippen LogP contribution is 2.17. The van der Waals surface area contributed by atoms with Gasteiger partial charge >= 0.3 is 0 Å². The smallest absolute Gasteiger partial charge is 0.242 e. The van der Waals surface area contributed by atoms with Gasteiger partial charge in [-0.3, -0.25) is 0 Å². The summed E-state index contributed by atoms with van der Waals surface area (Å²) in [5, 5.41) is 0. The molecule has 1 aromatic carbocycles. The van der Waals surface area contributed by atoms with E-state index in [1.54, 1.807) is 19.2 Å². The first kappa shape index (κ1) is 16.1. The van der Waals surface area contributed by atoms with Crippen LogP contribution in [0.1, 0.15) is 25.8 Å². The molecule has 2 N–H and O–H groups in total. The predicted octanol–water partition coefficient (Wildman–Crippen LogP) is 1.85. The van der Waals surface area contributed by atoms with Crippen LogP contribution in [0.4, 0.5) is 0 Å². The van der Waals surface area contributed by atoms with E-state index in [4.69, 9.17) is 5.73 Å². The molecule has 19 heavy (non-hydrogen) atoms. The van der Waals surface area contributed by atoms with Crippen molar-refractivity contribution >= 4 is 10.0 Å². The molecule has 0 saturated heterocycles. The van der Waals surface area contributed by atoms with Gasteiger partial charge < -0.3 is 5.73 Å². The van der Waals surface area contributed by atoms with Crippen molar-refractivity contribution < 1.29 is 8.42 Å². The molecular formula is C14H24N2O2S. The van der Waals surface area contributed by atoms with Crippen LogP contribution in [-0.2, 0) is 16.4 Å². The van der Waals surface area contributed by atoms with Gasteiger partial charge in [0.2, 0.25) is 10.0 Å². The lowest BCUT2D eigenvalue weighted by atomic mass is 10.1. The Hall–Kier alpha value is -0.910. The van der Waals surface area contributed by atoms with Crippen LogP contribution in [0.15, 0.2) is 29.2 Å². The van der Waals surface area contributed by atoms with Gasteiger partial charge in [-0.25, -0.2) is 12.7 Å². The van der Waals surface area contributed by atoms with Gasteiger partial charge in [0.05, 0.1) is 4.90 Å². The number of sulfonamides is 1. The Morgan fingerprint density at radius 3 is 2.32 bits per heavy atom. The van der Waals surface area contributed by atoms with Crippen LogP contribution in [0, 0.1) is 5.92 Å². The topological polar surface area (TPSA) is 63.4 Å². The summed E-state index contributed by atoms with van der Waals surface area (Å²) >= 11 is 0. The molecule has 0 aliphatic heterocycles. The maximum absolute atomic E-state index is 12.4. The fraction of sp³-hybridized carbons (Fsp3) is 0.571. The monoisotopic (exact) mass is 284 g/mol. The maximum atomic E-state index is 12.4. The van der Waals surface area contributed by atoms with Gasteiger partial charge in [0.1, 0.15) is 0 Å². The van der Waals surface area contributed by atoms with Crippen molar-refractivity contribution in [1.29, 1.82) is 0 Å². The third-order valence-electron chi connectivity index (χ3n) is 3.33. The first-order chi connectivity index (χ1) is 8.91. The van der Waals surface area contributed by atoms with E-state index in [9.17, 15) is 8.42 Å². The Labute approximate surface area is 116 Å². The average molecular weight is 284 g/mol. The minimum absolute atomic E-state index is 0.346. The Bertz CT molecular complexity index is 483. The molecule has 0 amide bonds. The average Bonchev–Trinajstić information content (AvgIpc) is 2.39. The molecule has 0 saturated carbocycles. The summed E-state index contributed by atoms with van der Waals surface area (Å²) in [6.45, 7) is 5.23. The van der Waals surface area contributed by atoms with Gasteiger partial charge in [-0.1, -0.05) is 32.4 Å². The molecule has 0 bridgehead atoms. The molecular weight excluding hydrogens is 260 g/mol. The van der Waals surface area contributed by atoms with Crippen LogP contribution in [0.5, 0.6) is 0 Å². The standard InChI is InChI=1S/C14H24N2O2S/c1-4-12(2)11-16(3)19(17,18)14-7-5-13(6-8-14)9-10-15/h5-8,12H,4,9-11,15H2,1-3H3. The maximum Gasteiger partial charge on any atom is 0.242 e. The molecule has 0 aliphatic carbocycles. The third kappa shape index (κ3) is 4.30. The third-order valence-corrected chi connectivity index (χ3v) is 5.17. The highest BCUT2D eigenvalue weighted by Gasteiger charge is 2.21. The van der Waals surface area contributed by atoms with Crippen molar-refractivity contribution in [1.82, 2.24) is 4.31 Å². The molecule has 0 fully saturated rings. The zero-order valence-electron chi connectivity index (χ0n) is 12.0. The number of nitrogens with zero attached hydrogens (tertiary/aromatic N) is 1. The number of hydrogen-bond donors (Lipinski definition) is 1. The highest BCUT2D eigenvalue weighted by molar-refractivity contribution is 7.89. The molecule has 1 atom stereocenters. The van der Waals surface area contributed by atoms with Crippen LogP contribution >= 0.6 is 0 Å². The second kappa shape index (κ2) is 7.03. The first-order valence-corrected chi connectivity index (χ1v) is 8.11. The minimum atomic E-state index is -3.37. The minimum Gasteiger partial charge on any atom is -0.330 e. The second-order valence-corrected chi connectivity index (χ2v) is 7.03. The van der Waals surface area contributed by atoms with E-state index in [0.717, 1.165) is 18.4 Å². The fourth-order valence-electron chi connectivity index (χ4n) is 1.84. The van der Waals surface area contributed by atoms with Gasteiger partial charge in [-0.15, -0.1) is 0 Å². The molecule has 1 aromatic rings. The molecule has 4 nitrogen and oxygen atoms in total. The molecule has 0 spiro atoms. The lowest BCUT2D eigenvalue weighted by Crippen LogP contribution is -2.31. The van der Waals surface area contributed by atoms with Crippen LogP contribution < -0.4 is 5.73 Å². The summed E-state index contributed by atoms with van der Waals surface area (Å²) < 4.78 is 26.1. The predicted molar refractivity (Wildman–Crippen MR) is 78.5 cm³/mol. The Morgan fingerprint density at radius 1 is 1.26 bits per heavy atom. The van der Waals surface area contributed by atoms with Crippen LogP contribution in [0.2, 0.25) is 0 Å². The SMILES string of the molecule is CCC(C)CN(C)S(=O)(=O)c1ccc(CCN)cc1. The largest absolute Gasteiger partial charge is 0.330 e. The van der Waals surface area contributed by atoms with Gasteiger partial charge in [-0.05, 0) is 36.6 Å². The molecule has 1 unspecified atom stereocenters. The van der Waals surface area contributed by atoms with Crippen LogP contribution in [-0.4, -0.2) is 32.9 Å². The fourth-order valence-corrected chi connectivity index (χ4v) is 3.13. The van der Waals surface area contributed by atoms with Crippen molar-refractivity contribution in [2.75, 3.05) is 20.1 Å². The molecule has 108 valence electrons. The normalized spacial score (nSPS) is 13.7. The van der Waals surface area contributed by atoms with Gasteiger partial charge in [-0.2, -0.15) is 0 Å². The molecule has 0 aromatic heterocycles. The number of nitrogens with two attached hydrogens (primary N) is 1. The van der Waals surface area contributed by atoms with E-state index in [-0.39, 0.29) is 0 Å². The Balaban J connectivity index is 2.87. The zero-order valence-corrected chi connectivity index (χ0v) is 12.8. The van der Waals surface area contributed by atoms with E-state index < -0.39 is 10.0 Å². The number of benzene rings is 1. The van der Waals surface area contributed by atoms with E-state index in [2.05, 4.69) is 13.8 Å². The van der Waals surface area contributed by atoms with E-state index in [1.165, 1.54) is 4.31 Å². The van der Waals surface area contributed by atoms with E-state index in [1.807, 2.05) is 12.1 Å². The number of hydrogen-bond acceptors (Lipinski definition) is 3. The summed E-state index contributed by atoms with van der Waals surface area (Å²) in [5.41, 5.74) is 6.54. The van der Waals surface area contributed by atoms with Crippen molar-refractivity contribution in [2.24, 2.45) is 11.7 Å². The molecule has 1 rings (SSSR count). The Morgan fingerprint density at radius 2 is 1.84 bits per heavy atom. The van der Waals surface area contributed by atoms with Crippen LogP contribution in [0.3, 0.4) is 0 Å². The van der Waals surface area contributed by atoms with Crippen molar-refractivity contribution in [3.63, 3.8) is 0 Å². The number of rotatable bonds is 7. The summed E-state index contributed by atoms with van der Waals surface area (Å²) in [6.07, 6.45) is 1.73. The van der Waals surface area contributed by atoms with Gasteiger partial charge in [0, 0.05) is 13.6 Å². The van der Waals surface area contributed by atoms with Gasteiger partial charge in [0.15, 0.2) is 0 Å². The van der Waals surface area contributed by atoms with Crippen molar-refractivity contribution in [3.8, 4) is 0 Å². The van der Waals surface area contributed by atoms with E-state index in [0.29, 0.717) is 23.9 Å². The van der Waals surface area contributed by atoms with Crippen LogP contribution in [0.25, 0.3) is 0 Å². The van der Waals surface area contributed by atoms with E-state index >= 15 is 0 Å². The zero-order chi connectivity index (χ0) is 14.5. The summed E-state index contributed by atoms with van der Waals surface area (Å²) in [5.74, 6) is 0.358. The lowest BCUT2D eigenvalue weighted by molar-refractivity contribution is 0.393. The Kier molecular flexibility index (Phi) is 5.97. The molecule has 0 radical (unpaired) electrons. The molecule has 0 heterocycles. The summed E-state index contributed by atoms with van der Waals surface area (Å²) in [4.78, 5) is 0.346. The first-order valence-electron chi connectivity index (χ1n) is 6.67. The second-order valence-electron chi connectivity index (χ2n) is 4.98. The molecule has 0 aliphatic rings. The van der Waals surface area contributed by atoms with Crippen molar-refractivity contribution in [2.45, 2.75) is 31.6 Å². The van der Waals surface area contributed by atoms with Crippen molar-refractivity contribution in [3.05, 3.63) is 29.8 Å².